The molecule has 0 spiro atoms. The molecule has 24 heavy (non-hydrogen) atoms. The van der Waals surface area contributed by atoms with Crippen molar-refractivity contribution in [2.45, 2.75) is 6.92 Å². The highest BCUT2D eigenvalue weighted by molar-refractivity contribution is 6.34. The summed E-state index contributed by atoms with van der Waals surface area (Å²) in [7, 11) is 0. The van der Waals surface area contributed by atoms with E-state index in [4.69, 9.17) is 11.6 Å². The van der Waals surface area contributed by atoms with Gasteiger partial charge >= 0.3 is 0 Å². The summed E-state index contributed by atoms with van der Waals surface area (Å²) in [6.45, 7) is 5.93. The van der Waals surface area contributed by atoms with Crippen molar-refractivity contribution in [1.29, 1.82) is 0 Å². The Morgan fingerprint density at radius 1 is 0.833 bits per heavy atom. The Hall–Kier alpha value is -2.33. The molecule has 2 aromatic carbocycles. The quantitative estimate of drug-likeness (QED) is 0.709. The van der Waals surface area contributed by atoms with Gasteiger partial charge in [0.2, 0.25) is 0 Å². The number of aryl methyl sites for hydroxylation is 1. The van der Waals surface area contributed by atoms with Gasteiger partial charge in [-0.3, -0.25) is 0 Å². The normalized spacial score (nSPS) is 15.1. The topological polar surface area (TPSA) is 32.3 Å². The number of hydrogen-bond donors (Lipinski definition) is 0. The number of hydrogen-bond acceptors (Lipinski definition) is 4. The molecule has 1 aliphatic heterocycles. The van der Waals surface area contributed by atoms with Gasteiger partial charge in [0.05, 0.1) is 0 Å². The summed E-state index contributed by atoms with van der Waals surface area (Å²) in [6, 6.07) is 16.7. The fraction of sp³-hybridized carbons (Fsp3) is 0.263. The van der Waals surface area contributed by atoms with Crippen LogP contribution in [-0.2, 0) is 0 Å². The molecule has 3 aromatic rings. The van der Waals surface area contributed by atoms with Gasteiger partial charge in [0.25, 0.3) is 0 Å². The van der Waals surface area contributed by atoms with Crippen molar-refractivity contribution < 1.29 is 0 Å². The highest BCUT2D eigenvalue weighted by Crippen LogP contribution is 2.29. The van der Waals surface area contributed by atoms with Crippen molar-refractivity contribution >= 4 is 33.9 Å². The van der Waals surface area contributed by atoms with E-state index in [0.717, 1.165) is 42.8 Å². The lowest BCUT2D eigenvalue weighted by Crippen LogP contribution is -2.47. The Bertz CT molecular complexity index is 872. The lowest BCUT2D eigenvalue weighted by molar-refractivity contribution is 0.646. The second kappa shape index (κ2) is 6.29. The Kier molecular flexibility index (Phi) is 3.98. The number of rotatable bonds is 2. The third-order valence-electron chi connectivity index (χ3n) is 4.57. The van der Waals surface area contributed by atoms with Crippen LogP contribution in [0, 0.1) is 6.92 Å². The fourth-order valence-electron chi connectivity index (χ4n) is 3.29. The van der Waals surface area contributed by atoms with Crippen molar-refractivity contribution in [1.82, 2.24) is 10.2 Å². The average Bonchev–Trinajstić information content (AvgIpc) is 2.63. The second-order valence-electron chi connectivity index (χ2n) is 6.17. The highest BCUT2D eigenvalue weighted by Gasteiger charge is 2.21. The summed E-state index contributed by atoms with van der Waals surface area (Å²) < 4.78 is 0. The molecule has 122 valence electrons. The lowest BCUT2D eigenvalue weighted by Gasteiger charge is -2.37. The summed E-state index contributed by atoms with van der Waals surface area (Å²) in [5, 5.41) is 11.0. The first kappa shape index (κ1) is 15.2. The molecule has 0 unspecified atom stereocenters. The first-order valence-corrected chi connectivity index (χ1v) is 8.58. The SMILES string of the molecule is Cc1cccc(N2CCN(c3nnc(Cl)c4ccccc34)CC2)c1. The molecule has 0 N–H and O–H groups in total. The van der Waals surface area contributed by atoms with E-state index < -0.39 is 0 Å². The molecule has 1 aromatic heterocycles. The molecule has 0 amide bonds. The van der Waals surface area contributed by atoms with Crippen LogP contribution in [0.15, 0.2) is 48.5 Å². The Morgan fingerprint density at radius 3 is 2.29 bits per heavy atom. The molecular weight excluding hydrogens is 320 g/mol. The molecule has 0 saturated carbocycles. The number of nitrogens with zero attached hydrogens (tertiary/aromatic N) is 4. The second-order valence-corrected chi connectivity index (χ2v) is 6.53. The number of fused-ring (bicyclic) bond motifs is 1. The molecule has 0 aliphatic carbocycles. The smallest absolute Gasteiger partial charge is 0.159 e. The number of halogens is 1. The molecule has 2 heterocycles. The van der Waals surface area contributed by atoms with Gasteiger partial charge < -0.3 is 9.80 Å². The van der Waals surface area contributed by atoms with Crippen LogP contribution in [-0.4, -0.2) is 36.4 Å². The van der Waals surface area contributed by atoms with Crippen LogP contribution in [0.1, 0.15) is 5.56 Å². The van der Waals surface area contributed by atoms with E-state index in [-0.39, 0.29) is 0 Å². The van der Waals surface area contributed by atoms with Crippen LogP contribution in [0.2, 0.25) is 5.15 Å². The highest BCUT2D eigenvalue weighted by atomic mass is 35.5. The van der Waals surface area contributed by atoms with Crippen LogP contribution in [0.4, 0.5) is 11.5 Å². The van der Waals surface area contributed by atoms with Gasteiger partial charge in [-0.15, -0.1) is 10.2 Å². The van der Waals surface area contributed by atoms with Gasteiger partial charge in [0, 0.05) is 42.6 Å². The predicted molar refractivity (Wildman–Crippen MR) is 100 cm³/mol. The standard InChI is InChI=1S/C19H19ClN4/c1-14-5-4-6-15(13-14)23-9-11-24(12-10-23)19-17-8-3-2-7-16(17)18(20)21-22-19/h2-8,13H,9-12H2,1H3. The van der Waals surface area contributed by atoms with E-state index in [0.29, 0.717) is 5.15 Å². The summed E-state index contributed by atoms with van der Waals surface area (Å²) in [5.74, 6) is 0.930. The van der Waals surface area contributed by atoms with Crippen molar-refractivity contribution in [3.8, 4) is 0 Å². The van der Waals surface area contributed by atoms with E-state index in [2.05, 4.69) is 57.3 Å². The van der Waals surface area contributed by atoms with Crippen LogP contribution < -0.4 is 9.80 Å². The van der Waals surface area contributed by atoms with Crippen LogP contribution in [0.3, 0.4) is 0 Å². The fourth-order valence-corrected chi connectivity index (χ4v) is 3.49. The maximum absolute atomic E-state index is 6.19. The summed E-state index contributed by atoms with van der Waals surface area (Å²) in [4.78, 5) is 4.73. The zero-order valence-corrected chi connectivity index (χ0v) is 14.4. The largest absolute Gasteiger partial charge is 0.368 e. The molecule has 4 rings (SSSR count). The first-order chi connectivity index (χ1) is 11.7. The Labute approximate surface area is 146 Å². The van der Waals surface area contributed by atoms with E-state index in [9.17, 15) is 0 Å². The van der Waals surface area contributed by atoms with Crippen molar-refractivity contribution in [3.05, 3.63) is 59.2 Å². The van der Waals surface area contributed by atoms with Gasteiger partial charge in [-0.25, -0.2) is 0 Å². The molecule has 0 radical (unpaired) electrons. The average molecular weight is 339 g/mol. The zero-order chi connectivity index (χ0) is 16.5. The van der Waals surface area contributed by atoms with Crippen molar-refractivity contribution in [2.75, 3.05) is 36.0 Å². The first-order valence-electron chi connectivity index (χ1n) is 8.20. The monoisotopic (exact) mass is 338 g/mol. The Balaban J connectivity index is 1.57. The number of anilines is 2. The minimum Gasteiger partial charge on any atom is -0.368 e. The van der Waals surface area contributed by atoms with Gasteiger partial charge in [0.1, 0.15) is 0 Å². The third-order valence-corrected chi connectivity index (χ3v) is 4.85. The molecule has 1 aliphatic rings. The zero-order valence-electron chi connectivity index (χ0n) is 13.6. The van der Waals surface area contributed by atoms with Gasteiger partial charge in [0.15, 0.2) is 11.0 Å². The molecule has 1 fully saturated rings. The minimum atomic E-state index is 0.466. The number of piperazine rings is 1. The van der Waals surface area contributed by atoms with E-state index in [1.807, 2.05) is 18.2 Å². The maximum Gasteiger partial charge on any atom is 0.159 e. The van der Waals surface area contributed by atoms with E-state index >= 15 is 0 Å². The van der Waals surface area contributed by atoms with Gasteiger partial charge in [-0.2, -0.15) is 0 Å². The van der Waals surface area contributed by atoms with Gasteiger partial charge in [-0.05, 0) is 24.6 Å². The number of benzene rings is 2. The third kappa shape index (κ3) is 2.78. The van der Waals surface area contributed by atoms with Gasteiger partial charge in [-0.1, -0.05) is 48.0 Å². The van der Waals surface area contributed by atoms with Crippen LogP contribution in [0.5, 0.6) is 0 Å². The van der Waals surface area contributed by atoms with E-state index in [1.165, 1.54) is 11.3 Å². The molecule has 5 heteroatoms. The Morgan fingerprint density at radius 2 is 1.54 bits per heavy atom. The summed E-state index contributed by atoms with van der Waals surface area (Å²) in [6.07, 6.45) is 0. The molecule has 4 nitrogen and oxygen atoms in total. The van der Waals surface area contributed by atoms with E-state index in [1.54, 1.807) is 0 Å². The summed E-state index contributed by atoms with van der Waals surface area (Å²) >= 11 is 6.19. The van der Waals surface area contributed by atoms with Crippen LogP contribution >= 0.6 is 11.6 Å². The number of aromatic nitrogens is 2. The van der Waals surface area contributed by atoms with Crippen molar-refractivity contribution in [3.63, 3.8) is 0 Å². The summed E-state index contributed by atoms with van der Waals surface area (Å²) in [5.41, 5.74) is 2.59. The molecule has 0 atom stereocenters. The predicted octanol–water partition coefficient (Wildman–Crippen LogP) is 3.92. The maximum atomic E-state index is 6.19. The molecule has 0 bridgehead atoms. The molecular formula is C19H19ClN4. The minimum absolute atomic E-state index is 0.466. The van der Waals surface area contributed by atoms with Crippen molar-refractivity contribution in [2.24, 2.45) is 0 Å². The molecule has 1 saturated heterocycles. The lowest BCUT2D eigenvalue weighted by atomic mass is 10.1. The van der Waals surface area contributed by atoms with Crippen LogP contribution in [0.25, 0.3) is 10.8 Å².